The molecule has 0 N–H and O–H groups in total. The minimum atomic E-state index is -0.738. The van der Waals surface area contributed by atoms with E-state index in [1.807, 2.05) is 24.3 Å². The molecule has 0 bridgehead atoms. The average molecular weight is 402 g/mol. The van der Waals surface area contributed by atoms with Gasteiger partial charge in [0.15, 0.2) is 6.61 Å². The van der Waals surface area contributed by atoms with Crippen LogP contribution < -0.4 is 4.90 Å². The van der Waals surface area contributed by atoms with Gasteiger partial charge in [0.2, 0.25) is 0 Å². The van der Waals surface area contributed by atoms with Gasteiger partial charge in [0.05, 0.1) is 11.8 Å². The number of nitrogens with zero attached hydrogens (tertiary/aromatic N) is 2. The van der Waals surface area contributed by atoms with Crippen LogP contribution in [0.25, 0.3) is 6.08 Å². The van der Waals surface area contributed by atoms with Crippen molar-refractivity contribution >= 4 is 41.3 Å². The van der Waals surface area contributed by atoms with Gasteiger partial charge in [-0.1, -0.05) is 19.1 Å². The van der Waals surface area contributed by atoms with E-state index < -0.39 is 23.4 Å². The summed E-state index contributed by atoms with van der Waals surface area (Å²) < 4.78 is 9.92. The van der Waals surface area contributed by atoms with E-state index >= 15 is 0 Å². The standard InChI is InChI=1S/C19H18N2O6S/c1-13-10-11-20(15-4-2-3-5-16(15)28-13)17(22)12-26-19(23)9-7-14-6-8-18(27-14)21(24)25/h2-9,13H,10-12H2,1H3/b9-7+/t13-/m0/s1. The molecule has 1 atom stereocenters. The van der Waals surface area contributed by atoms with E-state index in [-0.39, 0.29) is 11.7 Å². The molecule has 3 rings (SSSR count). The van der Waals surface area contributed by atoms with Crippen molar-refractivity contribution in [3.05, 3.63) is 58.3 Å². The number of thioether (sulfide) groups is 1. The van der Waals surface area contributed by atoms with Crippen LogP contribution in [0.4, 0.5) is 11.6 Å². The number of anilines is 1. The van der Waals surface area contributed by atoms with Crippen LogP contribution in [0, 0.1) is 10.1 Å². The highest BCUT2D eigenvalue weighted by molar-refractivity contribution is 8.00. The normalized spacial score (nSPS) is 16.5. The molecule has 28 heavy (non-hydrogen) atoms. The Morgan fingerprint density at radius 1 is 1.36 bits per heavy atom. The number of carbonyl (C=O) groups excluding carboxylic acids is 2. The first-order chi connectivity index (χ1) is 13.4. The number of amides is 1. The molecule has 0 saturated carbocycles. The van der Waals surface area contributed by atoms with Crippen LogP contribution >= 0.6 is 11.8 Å². The number of esters is 1. The minimum Gasteiger partial charge on any atom is -0.452 e. The largest absolute Gasteiger partial charge is 0.452 e. The Balaban J connectivity index is 1.59. The van der Waals surface area contributed by atoms with Crippen molar-refractivity contribution in [2.75, 3.05) is 18.1 Å². The van der Waals surface area contributed by atoms with E-state index in [1.54, 1.807) is 16.7 Å². The number of ether oxygens (including phenoxy) is 1. The topological polar surface area (TPSA) is 103 Å². The molecule has 0 spiro atoms. The molecule has 1 amide bonds. The average Bonchev–Trinajstić information content (AvgIpc) is 3.08. The van der Waals surface area contributed by atoms with Crippen LogP contribution in [0.3, 0.4) is 0 Å². The molecule has 0 unspecified atom stereocenters. The van der Waals surface area contributed by atoms with Crippen molar-refractivity contribution in [3.63, 3.8) is 0 Å². The SMILES string of the molecule is C[C@H]1CCN(C(=O)COC(=O)/C=C/c2ccc([N+](=O)[O-])o2)c2ccccc2S1. The van der Waals surface area contributed by atoms with Crippen molar-refractivity contribution in [1.82, 2.24) is 0 Å². The molecule has 1 aliphatic heterocycles. The Kier molecular flexibility index (Phi) is 6.15. The van der Waals surface area contributed by atoms with Gasteiger partial charge in [0.25, 0.3) is 5.91 Å². The van der Waals surface area contributed by atoms with Crippen molar-refractivity contribution < 1.29 is 23.7 Å². The van der Waals surface area contributed by atoms with Gasteiger partial charge in [0.1, 0.15) is 10.7 Å². The summed E-state index contributed by atoms with van der Waals surface area (Å²) in [7, 11) is 0. The van der Waals surface area contributed by atoms with Crippen LogP contribution in [0.2, 0.25) is 0 Å². The number of benzene rings is 1. The number of fused-ring (bicyclic) bond motifs is 1. The lowest BCUT2D eigenvalue weighted by Gasteiger charge is -2.22. The zero-order valence-corrected chi connectivity index (χ0v) is 15.9. The lowest BCUT2D eigenvalue weighted by molar-refractivity contribution is -0.402. The van der Waals surface area contributed by atoms with E-state index in [4.69, 9.17) is 9.15 Å². The molecule has 9 heteroatoms. The highest BCUT2D eigenvalue weighted by Crippen LogP contribution is 2.37. The first-order valence-corrected chi connectivity index (χ1v) is 9.47. The van der Waals surface area contributed by atoms with Gasteiger partial charge in [-0.2, -0.15) is 0 Å². The maximum absolute atomic E-state index is 12.6. The molecule has 0 saturated heterocycles. The fourth-order valence-corrected chi connectivity index (χ4v) is 3.80. The summed E-state index contributed by atoms with van der Waals surface area (Å²) in [5, 5.41) is 10.9. The van der Waals surface area contributed by atoms with Crippen LogP contribution in [0.1, 0.15) is 19.1 Å². The second kappa shape index (κ2) is 8.75. The molecule has 8 nitrogen and oxygen atoms in total. The Hall–Kier alpha value is -3.07. The highest BCUT2D eigenvalue weighted by Gasteiger charge is 2.24. The molecule has 1 aromatic heterocycles. The van der Waals surface area contributed by atoms with Crippen molar-refractivity contribution in [2.45, 2.75) is 23.5 Å². The Morgan fingerprint density at radius 2 is 2.14 bits per heavy atom. The van der Waals surface area contributed by atoms with E-state index in [0.29, 0.717) is 11.8 Å². The van der Waals surface area contributed by atoms with E-state index in [1.165, 1.54) is 18.2 Å². The molecule has 0 radical (unpaired) electrons. The summed E-state index contributed by atoms with van der Waals surface area (Å²) in [5.74, 6) is -1.33. The van der Waals surface area contributed by atoms with Gasteiger partial charge in [-0.25, -0.2) is 4.79 Å². The smallest absolute Gasteiger partial charge is 0.433 e. The Labute approximate surface area is 165 Å². The lowest BCUT2D eigenvalue weighted by atomic mass is 10.2. The summed E-state index contributed by atoms with van der Waals surface area (Å²) in [6, 6.07) is 10.2. The van der Waals surface area contributed by atoms with Gasteiger partial charge in [0, 0.05) is 22.8 Å². The molecule has 0 aliphatic carbocycles. The summed E-state index contributed by atoms with van der Waals surface area (Å²) in [6.45, 7) is 2.27. The number of hydrogen-bond donors (Lipinski definition) is 0. The summed E-state index contributed by atoms with van der Waals surface area (Å²) in [5.41, 5.74) is 0.816. The second-order valence-corrected chi connectivity index (χ2v) is 7.58. The third-order valence-corrected chi connectivity index (χ3v) is 5.30. The number of rotatable bonds is 5. The molecule has 0 fully saturated rings. The fourth-order valence-electron chi connectivity index (χ4n) is 2.68. The lowest BCUT2D eigenvalue weighted by Crippen LogP contribution is -2.35. The maximum atomic E-state index is 12.6. The number of furan rings is 1. The summed E-state index contributed by atoms with van der Waals surface area (Å²) in [6.07, 6.45) is 3.14. The third-order valence-electron chi connectivity index (χ3n) is 4.06. The Morgan fingerprint density at radius 3 is 2.89 bits per heavy atom. The zero-order chi connectivity index (χ0) is 20.1. The number of carbonyl (C=O) groups is 2. The quantitative estimate of drug-likeness (QED) is 0.325. The van der Waals surface area contributed by atoms with Gasteiger partial charge in [-0.3, -0.25) is 14.9 Å². The summed E-state index contributed by atoms with van der Waals surface area (Å²) >= 11 is 1.72. The van der Waals surface area contributed by atoms with Crippen LogP contribution in [0.5, 0.6) is 0 Å². The highest BCUT2D eigenvalue weighted by atomic mass is 32.2. The molecule has 2 aromatic rings. The predicted molar refractivity (Wildman–Crippen MR) is 104 cm³/mol. The fraction of sp³-hybridized carbons (Fsp3) is 0.263. The van der Waals surface area contributed by atoms with E-state index in [2.05, 4.69) is 6.92 Å². The minimum absolute atomic E-state index is 0.141. The van der Waals surface area contributed by atoms with Crippen molar-refractivity contribution in [1.29, 1.82) is 0 Å². The van der Waals surface area contributed by atoms with Crippen LogP contribution in [-0.2, 0) is 14.3 Å². The monoisotopic (exact) mass is 402 g/mol. The van der Waals surface area contributed by atoms with Crippen molar-refractivity contribution in [3.8, 4) is 0 Å². The first kappa shape index (κ1) is 19.7. The second-order valence-electron chi connectivity index (χ2n) is 6.10. The molecule has 2 heterocycles. The first-order valence-electron chi connectivity index (χ1n) is 8.59. The van der Waals surface area contributed by atoms with Gasteiger partial charge >= 0.3 is 11.9 Å². The maximum Gasteiger partial charge on any atom is 0.433 e. The predicted octanol–water partition coefficient (Wildman–Crippen LogP) is 3.66. The van der Waals surface area contributed by atoms with Gasteiger partial charge < -0.3 is 14.1 Å². The third kappa shape index (κ3) is 4.80. The van der Waals surface area contributed by atoms with E-state index in [9.17, 15) is 19.7 Å². The molecule has 1 aromatic carbocycles. The Bertz CT molecular complexity index is 923. The van der Waals surface area contributed by atoms with Crippen molar-refractivity contribution in [2.24, 2.45) is 0 Å². The molecular weight excluding hydrogens is 384 g/mol. The number of hydrogen-bond acceptors (Lipinski definition) is 7. The van der Waals surface area contributed by atoms with E-state index in [0.717, 1.165) is 23.1 Å². The summed E-state index contributed by atoms with van der Waals surface area (Å²) in [4.78, 5) is 37.0. The number of para-hydroxylation sites is 1. The van der Waals surface area contributed by atoms with Crippen LogP contribution in [0.15, 0.2) is 51.8 Å². The molecule has 146 valence electrons. The zero-order valence-electron chi connectivity index (χ0n) is 15.1. The molecular formula is C19H18N2O6S. The van der Waals surface area contributed by atoms with Crippen LogP contribution in [-0.4, -0.2) is 35.2 Å². The van der Waals surface area contributed by atoms with Gasteiger partial charge in [-0.15, -0.1) is 11.8 Å². The van der Waals surface area contributed by atoms with Gasteiger partial charge in [-0.05, 0) is 30.7 Å². The number of nitro groups is 1. The molecule has 1 aliphatic rings.